The molecule has 1 aromatic rings. The van der Waals surface area contributed by atoms with Crippen LogP contribution in [0, 0.1) is 0 Å². The average molecular weight is 207 g/mol. The Morgan fingerprint density at radius 1 is 1.40 bits per heavy atom. The topological polar surface area (TPSA) is 38.3 Å². The van der Waals surface area contributed by atoms with Crippen LogP contribution in [-0.2, 0) is 4.79 Å². The van der Waals surface area contributed by atoms with Gasteiger partial charge in [-0.15, -0.1) is 0 Å². The second-order valence-corrected chi connectivity index (χ2v) is 3.44. The molecule has 0 amide bonds. The van der Waals surface area contributed by atoms with Gasteiger partial charge in [0.15, 0.2) is 5.78 Å². The predicted molar refractivity (Wildman–Crippen MR) is 61.4 cm³/mol. The minimum Gasteiger partial charge on any atom is -0.497 e. The fourth-order valence-corrected chi connectivity index (χ4v) is 1.38. The van der Waals surface area contributed by atoms with Gasteiger partial charge in [0.2, 0.25) is 0 Å². The third kappa shape index (κ3) is 3.27. The summed E-state index contributed by atoms with van der Waals surface area (Å²) in [6.45, 7) is 3.59. The summed E-state index contributed by atoms with van der Waals surface area (Å²) in [5, 5.41) is 3.17. The van der Waals surface area contributed by atoms with Crippen LogP contribution >= 0.6 is 0 Å². The summed E-state index contributed by atoms with van der Waals surface area (Å²) >= 11 is 0. The molecule has 15 heavy (non-hydrogen) atoms. The molecule has 0 aliphatic rings. The fraction of sp³-hybridized carbons (Fsp3) is 0.417. The lowest BCUT2D eigenvalue weighted by Gasteiger charge is -2.15. The number of hydrogen-bond acceptors (Lipinski definition) is 3. The molecule has 1 N–H and O–H groups in total. The van der Waals surface area contributed by atoms with Crippen molar-refractivity contribution < 1.29 is 9.53 Å². The Labute approximate surface area is 90.4 Å². The second kappa shape index (κ2) is 5.39. The van der Waals surface area contributed by atoms with Crippen molar-refractivity contribution in [1.82, 2.24) is 0 Å². The number of nitrogens with one attached hydrogen (secondary N) is 1. The molecule has 0 fully saturated rings. The Balaban J connectivity index is 2.67. The van der Waals surface area contributed by atoms with Crippen molar-refractivity contribution in [2.24, 2.45) is 0 Å². The number of methoxy groups -OCH3 is 1. The molecule has 1 atom stereocenters. The van der Waals surface area contributed by atoms with Crippen LogP contribution in [-0.4, -0.2) is 18.9 Å². The van der Waals surface area contributed by atoms with Gasteiger partial charge in [-0.05, 0) is 37.6 Å². The summed E-state index contributed by atoms with van der Waals surface area (Å²) in [7, 11) is 1.63. The van der Waals surface area contributed by atoms with E-state index in [4.69, 9.17) is 4.74 Å². The van der Waals surface area contributed by atoms with Gasteiger partial charge >= 0.3 is 0 Å². The molecule has 3 nitrogen and oxygen atoms in total. The molecule has 0 aromatic heterocycles. The van der Waals surface area contributed by atoms with Gasteiger partial charge in [0.1, 0.15) is 5.75 Å². The van der Waals surface area contributed by atoms with Crippen molar-refractivity contribution in [2.45, 2.75) is 26.3 Å². The zero-order chi connectivity index (χ0) is 11.3. The lowest BCUT2D eigenvalue weighted by Crippen LogP contribution is -2.26. The first-order valence-corrected chi connectivity index (χ1v) is 5.08. The van der Waals surface area contributed by atoms with Gasteiger partial charge in [0, 0.05) is 5.69 Å². The third-order valence-corrected chi connectivity index (χ3v) is 2.33. The van der Waals surface area contributed by atoms with E-state index in [1.807, 2.05) is 31.2 Å². The van der Waals surface area contributed by atoms with Gasteiger partial charge in [-0.1, -0.05) is 6.92 Å². The van der Waals surface area contributed by atoms with Crippen LogP contribution < -0.4 is 10.1 Å². The molecule has 0 spiro atoms. The number of carbonyl (C=O) groups is 1. The van der Waals surface area contributed by atoms with E-state index in [1.54, 1.807) is 14.0 Å². The maximum Gasteiger partial charge on any atom is 0.151 e. The van der Waals surface area contributed by atoms with E-state index < -0.39 is 0 Å². The molecule has 0 aliphatic carbocycles. The number of carbonyl (C=O) groups excluding carboxylic acids is 1. The Morgan fingerprint density at radius 2 is 2.00 bits per heavy atom. The lowest BCUT2D eigenvalue weighted by molar-refractivity contribution is -0.117. The molecule has 0 heterocycles. The first-order chi connectivity index (χ1) is 7.17. The van der Waals surface area contributed by atoms with Crippen LogP contribution in [0.3, 0.4) is 0 Å². The van der Waals surface area contributed by atoms with E-state index in [0.29, 0.717) is 0 Å². The van der Waals surface area contributed by atoms with Crippen LogP contribution in [0.4, 0.5) is 5.69 Å². The van der Waals surface area contributed by atoms with Gasteiger partial charge in [-0.2, -0.15) is 0 Å². The predicted octanol–water partition coefficient (Wildman–Crippen LogP) is 2.47. The van der Waals surface area contributed by atoms with Crippen LogP contribution in [0.25, 0.3) is 0 Å². The minimum atomic E-state index is -0.0987. The van der Waals surface area contributed by atoms with E-state index in [2.05, 4.69) is 5.32 Å². The molecular weight excluding hydrogens is 190 g/mol. The highest BCUT2D eigenvalue weighted by atomic mass is 16.5. The van der Waals surface area contributed by atoms with Gasteiger partial charge in [0.05, 0.1) is 13.2 Å². The Morgan fingerprint density at radius 3 is 2.40 bits per heavy atom. The molecule has 0 saturated heterocycles. The monoisotopic (exact) mass is 207 g/mol. The summed E-state index contributed by atoms with van der Waals surface area (Å²) in [5.74, 6) is 0.977. The van der Waals surface area contributed by atoms with Gasteiger partial charge in [-0.3, -0.25) is 4.79 Å². The van der Waals surface area contributed by atoms with Crippen LogP contribution in [0.15, 0.2) is 24.3 Å². The molecule has 1 rings (SSSR count). The summed E-state index contributed by atoms with van der Waals surface area (Å²) in [6, 6.07) is 7.46. The fourth-order valence-electron chi connectivity index (χ4n) is 1.38. The van der Waals surface area contributed by atoms with E-state index >= 15 is 0 Å². The summed E-state index contributed by atoms with van der Waals surface area (Å²) in [4.78, 5) is 11.2. The largest absolute Gasteiger partial charge is 0.497 e. The molecule has 1 unspecified atom stereocenters. The number of Topliss-reactive ketones (excluding diaryl/α,β-unsaturated/α-hetero) is 1. The number of ether oxygens (including phenoxy) is 1. The smallest absolute Gasteiger partial charge is 0.151 e. The quantitative estimate of drug-likeness (QED) is 0.806. The number of rotatable bonds is 5. The van der Waals surface area contributed by atoms with Crippen LogP contribution in [0.5, 0.6) is 5.75 Å². The first-order valence-electron chi connectivity index (χ1n) is 5.08. The van der Waals surface area contributed by atoms with Crippen LogP contribution in [0.2, 0.25) is 0 Å². The van der Waals surface area contributed by atoms with E-state index in [-0.39, 0.29) is 11.8 Å². The summed E-state index contributed by atoms with van der Waals surface area (Å²) in [5.41, 5.74) is 0.942. The third-order valence-electron chi connectivity index (χ3n) is 2.33. The lowest BCUT2D eigenvalue weighted by atomic mass is 10.1. The average Bonchev–Trinajstić information content (AvgIpc) is 2.26. The van der Waals surface area contributed by atoms with Gasteiger partial charge in [-0.25, -0.2) is 0 Å². The summed E-state index contributed by atoms with van der Waals surface area (Å²) in [6.07, 6.45) is 0.793. The van der Waals surface area contributed by atoms with Crippen molar-refractivity contribution >= 4 is 11.5 Å². The molecule has 3 heteroatoms. The van der Waals surface area contributed by atoms with Crippen molar-refractivity contribution in [3.8, 4) is 5.75 Å². The first kappa shape index (κ1) is 11.6. The van der Waals surface area contributed by atoms with Crippen molar-refractivity contribution in [3.05, 3.63) is 24.3 Å². The molecule has 0 bridgehead atoms. The van der Waals surface area contributed by atoms with E-state index in [0.717, 1.165) is 17.9 Å². The Bertz CT molecular complexity index is 319. The molecular formula is C12H17NO2. The molecule has 82 valence electrons. The van der Waals surface area contributed by atoms with Crippen molar-refractivity contribution in [2.75, 3.05) is 12.4 Å². The number of anilines is 1. The standard InChI is InChI=1S/C12H17NO2/c1-4-12(9(2)14)13-10-5-7-11(15-3)8-6-10/h5-8,12-13H,4H2,1-3H3. The zero-order valence-corrected chi connectivity index (χ0v) is 9.41. The van der Waals surface area contributed by atoms with Gasteiger partial charge in [0.25, 0.3) is 0 Å². The second-order valence-electron chi connectivity index (χ2n) is 3.44. The van der Waals surface area contributed by atoms with Crippen molar-refractivity contribution in [1.29, 1.82) is 0 Å². The molecule has 0 saturated carbocycles. The highest BCUT2D eigenvalue weighted by molar-refractivity contribution is 5.84. The van der Waals surface area contributed by atoms with Crippen LogP contribution in [0.1, 0.15) is 20.3 Å². The SMILES string of the molecule is CCC(Nc1ccc(OC)cc1)C(C)=O. The molecule has 1 aromatic carbocycles. The maximum atomic E-state index is 11.2. The normalized spacial score (nSPS) is 11.9. The Hall–Kier alpha value is -1.51. The van der Waals surface area contributed by atoms with Gasteiger partial charge < -0.3 is 10.1 Å². The molecule has 0 radical (unpaired) electrons. The van der Waals surface area contributed by atoms with E-state index in [1.165, 1.54) is 0 Å². The number of benzene rings is 1. The molecule has 0 aliphatic heterocycles. The van der Waals surface area contributed by atoms with E-state index in [9.17, 15) is 4.79 Å². The highest BCUT2D eigenvalue weighted by Gasteiger charge is 2.10. The van der Waals surface area contributed by atoms with Crippen molar-refractivity contribution in [3.63, 3.8) is 0 Å². The summed E-state index contributed by atoms with van der Waals surface area (Å²) < 4.78 is 5.05. The maximum absolute atomic E-state index is 11.2. The highest BCUT2D eigenvalue weighted by Crippen LogP contribution is 2.16. The number of hydrogen-bond donors (Lipinski definition) is 1. The minimum absolute atomic E-state index is 0.0987. The number of ketones is 1. The zero-order valence-electron chi connectivity index (χ0n) is 9.41. The Kier molecular flexibility index (Phi) is 4.16.